The topological polar surface area (TPSA) is 61.4 Å². The van der Waals surface area contributed by atoms with Crippen molar-refractivity contribution in [3.8, 4) is 0 Å². The number of nitrogens with zero attached hydrogens (tertiary/aromatic N) is 4. The Hall–Kier alpha value is -2.31. The Labute approximate surface area is 159 Å². The zero-order valence-corrected chi connectivity index (χ0v) is 15.5. The second kappa shape index (κ2) is 7.02. The SMILES string of the molecule is O=C(CN1Cc2ccccc2C1)N1CCC[C@@H]1c1ncc2c(n1)CCNC2. The Bertz CT molecular complexity index is 842. The van der Waals surface area contributed by atoms with Crippen molar-refractivity contribution in [1.82, 2.24) is 25.1 Å². The summed E-state index contributed by atoms with van der Waals surface area (Å²) in [4.78, 5) is 26.7. The largest absolute Gasteiger partial charge is 0.331 e. The van der Waals surface area contributed by atoms with E-state index in [-0.39, 0.29) is 11.9 Å². The summed E-state index contributed by atoms with van der Waals surface area (Å²) in [5.74, 6) is 1.03. The molecule has 3 aliphatic heterocycles. The highest BCUT2D eigenvalue weighted by molar-refractivity contribution is 5.79. The summed E-state index contributed by atoms with van der Waals surface area (Å²) >= 11 is 0. The van der Waals surface area contributed by atoms with Gasteiger partial charge < -0.3 is 10.2 Å². The van der Waals surface area contributed by atoms with Crippen LogP contribution in [-0.4, -0.2) is 45.3 Å². The highest BCUT2D eigenvalue weighted by Gasteiger charge is 2.33. The van der Waals surface area contributed by atoms with Gasteiger partial charge in [-0.15, -0.1) is 0 Å². The summed E-state index contributed by atoms with van der Waals surface area (Å²) in [7, 11) is 0. The third kappa shape index (κ3) is 3.24. The molecule has 1 amide bonds. The lowest BCUT2D eigenvalue weighted by atomic mass is 10.1. The van der Waals surface area contributed by atoms with Gasteiger partial charge in [0.1, 0.15) is 0 Å². The van der Waals surface area contributed by atoms with Crippen molar-refractivity contribution < 1.29 is 4.79 Å². The monoisotopic (exact) mass is 363 g/mol. The van der Waals surface area contributed by atoms with E-state index in [1.54, 1.807) is 0 Å². The van der Waals surface area contributed by atoms with Crippen LogP contribution in [0.2, 0.25) is 0 Å². The highest BCUT2D eigenvalue weighted by Crippen LogP contribution is 2.31. The number of carbonyl (C=O) groups is 1. The predicted molar refractivity (Wildman–Crippen MR) is 102 cm³/mol. The molecule has 4 heterocycles. The fourth-order valence-corrected chi connectivity index (χ4v) is 4.54. The Morgan fingerprint density at radius 3 is 2.81 bits per heavy atom. The standard InChI is InChI=1S/C21H25N5O/c27-20(14-25-12-15-4-1-2-5-16(15)13-25)26-9-3-6-19(26)21-23-11-17-10-22-8-7-18(17)24-21/h1-2,4-5,11,19,22H,3,6-10,12-14H2/t19-/m1/s1. The third-order valence-electron chi connectivity index (χ3n) is 5.96. The van der Waals surface area contributed by atoms with Crippen LogP contribution in [0.15, 0.2) is 30.5 Å². The minimum atomic E-state index is 0.0302. The molecule has 0 bridgehead atoms. The molecule has 1 aromatic carbocycles. The number of nitrogens with one attached hydrogen (secondary N) is 1. The maximum Gasteiger partial charge on any atom is 0.237 e. The molecule has 0 spiro atoms. The normalized spacial score (nSPS) is 21.9. The lowest BCUT2D eigenvalue weighted by Crippen LogP contribution is -2.39. The van der Waals surface area contributed by atoms with Gasteiger partial charge >= 0.3 is 0 Å². The zero-order chi connectivity index (χ0) is 18.2. The summed E-state index contributed by atoms with van der Waals surface area (Å²) < 4.78 is 0. The van der Waals surface area contributed by atoms with Crippen LogP contribution in [-0.2, 0) is 30.8 Å². The molecule has 0 aliphatic carbocycles. The lowest BCUT2D eigenvalue weighted by molar-refractivity contribution is -0.133. The molecule has 0 saturated carbocycles. The quantitative estimate of drug-likeness (QED) is 0.901. The summed E-state index contributed by atoms with van der Waals surface area (Å²) in [5, 5.41) is 3.35. The van der Waals surface area contributed by atoms with E-state index < -0.39 is 0 Å². The summed E-state index contributed by atoms with van der Waals surface area (Å²) in [5.41, 5.74) is 5.02. The molecule has 6 nitrogen and oxygen atoms in total. The molecule has 3 aliphatic rings. The number of amides is 1. The van der Waals surface area contributed by atoms with Crippen LogP contribution in [0.3, 0.4) is 0 Å². The fourth-order valence-electron chi connectivity index (χ4n) is 4.54. The summed E-state index contributed by atoms with van der Waals surface area (Å²) in [6.07, 6.45) is 4.88. The Morgan fingerprint density at radius 1 is 1.19 bits per heavy atom. The second-order valence-corrected chi connectivity index (χ2v) is 7.79. The molecule has 1 aromatic heterocycles. The van der Waals surface area contributed by atoms with Gasteiger partial charge in [0.2, 0.25) is 5.91 Å². The van der Waals surface area contributed by atoms with Gasteiger partial charge in [-0.1, -0.05) is 24.3 Å². The first-order valence-corrected chi connectivity index (χ1v) is 9.92. The molecular weight excluding hydrogens is 338 g/mol. The number of rotatable bonds is 3. The van der Waals surface area contributed by atoms with Crippen molar-refractivity contribution in [2.75, 3.05) is 19.6 Å². The van der Waals surface area contributed by atoms with E-state index in [0.717, 1.165) is 63.5 Å². The predicted octanol–water partition coefficient (Wildman–Crippen LogP) is 1.80. The second-order valence-electron chi connectivity index (χ2n) is 7.79. The maximum absolute atomic E-state index is 13.0. The van der Waals surface area contributed by atoms with Crippen LogP contribution >= 0.6 is 0 Å². The number of benzene rings is 1. The highest BCUT2D eigenvalue weighted by atomic mass is 16.2. The molecule has 1 atom stereocenters. The van der Waals surface area contributed by atoms with E-state index in [1.807, 2.05) is 11.1 Å². The van der Waals surface area contributed by atoms with Crippen LogP contribution in [0, 0.1) is 0 Å². The zero-order valence-electron chi connectivity index (χ0n) is 15.5. The van der Waals surface area contributed by atoms with E-state index in [1.165, 1.54) is 16.7 Å². The first kappa shape index (κ1) is 16.8. The van der Waals surface area contributed by atoms with E-state index in [4.69, 9.17) is 4.98 Å². The van der Waals surface area contributed by atoms with E-state index in [0.29, 0.717) is 6.54 Å². The lowest BCUT2D eigenvalue weighted by Gasteiger charge is -2.27. The molecule has 1 fully saturated rings. The fraction of sp³-hybridized carbons (Fsp3) is 0.476. The van der Waals surface area contributed by atoms with Crippen molar-refractivity contribution in [2.45, 2.75) is 44.9 Å². The molecular formula is C21H25N5O. The molecule has 5 rings (SSSR count). The minimum absolute atomic E-state index is 0.0302. The smallest absolute Gasteiger partial charge is 0.237 e. The van der Waals surface area contributed by atoms with E-state index >= 15 is 0 Å². The number of likely N-dealkylation sites (tertiary alicyclic amines) is 1. The molecule has 1 saturated heterocycles. The Kier molecular flexibility index (Phi) is 4.38. The molecule has 2 aromatic rings. The van der Waals surface area contributed by atoms with Crippen molar-refractivity contribution in [2.24, 2.45) is 0 Å². The van der Waals surface area contributed by atoms with Crippen LogP contribution in [0.5, 0.6) is 0 Å². The van der Waals surface area contributed by atoms with Crippen LogP contribution in [0.25, 0.3) is 0 Å². The number of hydrogen-bond acceptors (Lipinski definition) is 5. The van der Waals surface area contributed by atoms with Gasteiger partial charge in [0, 0.05) is 56.6 Å². The first-order chi connectivity index (χ1) is 13.3. The Balaban J connectivity index is 1.29. The van der Waals surface area contributed by atoms with E-state index in [9.17, 15) is 4.79 Å². The molecule has 27 heavy (non-hydrogen) atoms. The van der Waals surface area contributed by atoms with Gasteiger partial charge in [0.25, 0.3) is 0 Å². The molecule has 0 radical (unpaired) electrons. The molecule has 6 heteroatoms. The van der Waals surface area contributed by atoms with Crippen LogP contribution in [0.4, 0.5) is 0 Å². The molecule has 140 valence electrons. The Morgan fingerprint density at radius 2 is 2.00 bits per heavy atom. The average molecular weight is 363 g/mol. The number of hydrogen-bond donors (Lipinski definition) is 1. The van der Waals surface area contributed by atoms with Gasteiger partial charge in [-0.25, -0.2) is 9.97 Å². The van der Waals surface area contributed by atoms with Gasteiger partial charge in [-0.05, 0) is 24.0 Å². The maximum atomic E-state index is 13.0. The van der Waals surface area contributed by atoms with Crippen molar-refractivity contribution in [3.05, 3.63) is 58.7 Å². The average Bonchev–Trinajstić information content (AvgIpc) is 3.34. The van der Waals surface area contributed by atoms with Gasteiger partial charge in [0.05, 0.1) is 12.6 Å². The number of aromatic nitrogens is 2. The third-order valence-corrected chi connectivity index (χ3v) is 5.96. The number of fused-ring (bicyclic) bond motifs is 2. The van der Waals surface area contributed by atoms with Gasteiger partial charge in [0.15, 0.2) is 5.82 Å². The van der Waals surface area contributed by atoms with Gasteiger partial charge in [-0.3, -0.25) is 9.69 Å². The first-order valence-electron chi connectivity index (χ1n) is 9.92. The number of carbonyl (C=O) groups excluding carboxylic acids is 1. The van der Waals surface area contributed by atoms with Crippen molar-refractivity contribution >= 4 is 5.91 Å². The summed E-state index contributed by atoms with van der Waals surface area (Å²) in [6.45, 7) is 4.82. The molecule has 0 unspecified atom stereocenters. The van der Waals surface area contributed by atoms with Crippen molar-refractivity contribution in [3.63, 3.8) is 0 Å². The minimum Gasteiger partial charge on any atom is -0.331 e. The van der Waals surface area contributed by atoms with Gasteiger partial charge in [-0.2, -0.15) is 0 Å². The summed E-state index contributed by atoms with van der Waals surface area (Å²) in [6, 6.07) is 8.50. The van der Waals surface area contributed by atoms with Crippen LogP contribution < -0.4 is 5.32 Å². The molecule has 1 N–H and O–H groups in total. The van der Waals surface area contributed by atoms with E-state index in [2.05, 4.69) is 39.5 Å². The van der Waals surface area contributed by atoms with Crippen LogP contribution in [0.1, 0.15) is 47.1 Å². The van der Waals surface area contributed by atoms with Crippen molar-refractivity contribution in [1.29, 1.82) is 0 Å².